The van der Waals surface area contributed by atoms with Crippen LogP contribution in [0.5, 0.6) is 0 Å². The number of likely N-dealkylation sites (N-methyl/N-ethyl adjacent to an activating group) is 1. The van der Waals surface area contributed by atoms with Crippen LogP contribution in [0.1, 0.15) is 0 Å². The molecule has 0 bridgehead atoms. The zero-order valence-corrected chi connectivity index (χ0v) is 15.7. The molecule has 1 aromatic heterocycles. The highest BCUT2D eigenvalue weighted by molar-refractivity contribution is 7.71. The molecule has 26 heavy (non-hydrogen) atoms. The Balaban J connectivity index is 1.63. The van der Waals surface area contributed by atoms with Gasteiger partial charge in [-0.3, -0.25) is 4.79 Å². The predicted octanol–water partition coefficient (Wildman–Crippen LogP) is 1.56. The number of carbonyl (C=O) groups is 1. The monoisotopic (exact) mass is 389 g/mol. The molecule has 0 fully saturated rings. The highest BCUT2D eigenvalue weighted by Crippen LogP contribution is 2.19. The normalized spacial score (nSPS) is 11.9. The highest BCUT2D eigenvalue weighted by Gasteiger charge is 2.14. The van der Waals surface area contributed by atoms with Gasteiger partial charge in [-0.05, 0) is 46.9 Å². The second-order valence-corrected chi connectivity index (χ2v) is 6.60. The minimum absolute atomic E-state index is 0.141. The molecule has 1 heterocycles. The molecule has 0 saturated carbocycles. The summed E-state index contributed by atoms with van der Waals surface area (Å²) in [6.07, 6.45) is 0. The summed E-state index contributed by atoms with van der Waals surface area (Å²) in [6, 6.07) is 16.7. The smallest absolute Gasteiger partial charge is 0.279 e. The van der Waals surface area contributed by atoms with E-state index in [9.17, 15) is 4.79 Å². The minimum Gasteiger partial charge on any atom is -0.320 e. The quantitative estimate of drug-likeness (QED) is 0.628. The predicted molar refractivity (Wildman–Crippen MR) is 102 cm³/mol. The van der Waals surface area contributed by atoms with E-state index in [4.69, 9.17) is 23.8 Å². The van der Waals surface area contributed by atoms with E-state index in [-0.39, 0.29) is 12.5 Å². The number of amides is 1. The lowest BCUT2D eigenvalue weighted by molar-refractivity contribution is -0.895. The maximum Gasteiger partial charge on any atom is 0.279 e. The van der Waals surface area contributed by atoms with Crippen molar-refractivity contribution in [1.82, 2.24) is 19.8 Å². The number of hydrogen-bond donors (Lipinski definition) is 2. The average Bonchev–Trinajstić information content (AvgIpc) is 2.98. The summed E-state index contributed by atoms with van der Waals surface area (Å²) < 4.78 is 3.66. The Kier molecular flexibility index (Phi) is 5.77. The van der Waals surface area contributed by atoms with Crippen LogP contribution in [0.3, 0.4) is 0 Å². The van der Waals surface area contributed by atoms with Crippen molar-refractivity contribution >= 4 is 35.4 Å². The zero-order chi connectivity index (χ0) is 18.5. The van der Waals surface area contributed by atoms with E-state index < -0.39 is 0 Å². The van der Waals surface area contributed by atoms with Crippen LogP contribution in [0, 0.1) is 4.77 Å². The van der Waals surface area contributed by atoms with Gasteiger partial charge < -0.3 is 10.2 Å². The molecule has 0 spiro atoms. The molecule has 0 aliphatic rings. The summed E-state index contributed by atoms with van der Waals surface area (Å²) in [5.74, 6) is -0.141. The van der Waals surface area contributed by atoms with Gasteiger partial charge in [0.25, 0.3) is 5.91 Å². The summed E-state index contributed by atoms with van der Waals surface area (Å²) in [5.41, 5.74) is 1.44. The lowest BCUT2D eigenvalue weighted by Gasteiger charge is -2.13. The number of anilines is 1. The molecular weight excluding hydrogens is 372 g/mol. The lowest BCUT2D eigenvalue weighted by Crippen LogP contribution is -3.09. The van der Waals surface area contributed by atoms with Crippen molar-refractivity contribution in [1.29, 1.82) is 0 Å². The fourth-order valence-corrected chi connectivity index (χ4v) is 2.87. The molecule has 1 amide bonds. The molecule has 0 aliphatic heterocycles. The van der Waals surface area contributed by atoms with Crippen LogP contribution in [-0.4, -0.2) is 39.3 Å². The second-order valence-electron chi connectivity index (χ2n) is 5.83. The van der Waals surface area contributed by atoms with Gasteiger partial charge in [-0.2, -0.15) is 9.36 Å². The van der Waals surface area contributed by atoms with Gasteiger partial charge in [0.2, 0.25) is 4.77 Å². The Morgan fingerprint density at radius 2 is 1.85 bits per heavy atom. The molecule has 3 aromatic rings. The molecule has 7 nitrogen and oxygen atoms in total. The number of nitrogens with zero attached hydrogens (tertiary/aromatic N) is 4. The van der Waals surface area contributed by atoms with Crippen molar-refractivity contribution in [2.45, 2.75) is 6.67 Å². The zero-order valence-electron chi connectivity index (χ0n) is 14.1. The van der Waals surface area contributed by atoms with Crippen molar-refractivity contribution in [3.05, 3.63) is 64.4 Å². The van der Waals surface area contributed by atoms with Gasteiger partial charge in [0.05, 0.1) is 23.4 Å². The first-order valence-electron chi connectivity index (χ1n) is 7.98. The van der Waals surface area contributed by atoms with Crippen LogP contribution >= 0.6 is 23.8 Å². The number of carbonyl (C=O) groups excluding carboxylic acids is 1. The molecule has 0 saturated heterocycles. The fraction of sp³-hybridized carbons (Fsp3) is 0.176. The Labute approximate surface area is 160 Å². The molecule has 1 unspecified atom stereocenters. The summed E-state index contributed by atoms with van der Waals surface area (Å²) in [4.78, 5) is 13.1. The molecule has 0 radical (unpaired) electrons. The van der Waals surface area contributed by atoms with Gasteiger partial charge in [-0.15, -0.1) is 0 Å². The number of para-hydroxylation sites is 2. The van der Waals surface area contributed by atoms with E-state index in [1.54, 1.807) is 21.5 Å². The summed E-state index contributed by atoms with van der Waals surface area (Å²) in [5, 5.41) is 11.5. The fourth-order valence-electron chi connectivity index (χ4n) is 2.45. The van der Waals surface area contributed by atoms with Gasteiger partial charge in [-0.25, -0.2) is 0 Å². The number of benzene rings is 2. The van der Waals surface area contributed by atoms with E-state index in [1.807, 2.05) is 49.5 Å². The van der Waals surface area contributed by atoms with Crippen LogP contribution in [0.25, 0.3) is 5.69 Å². The number of halogens is 1. The van der Waals surface area contributed by atoms with Crippen LogP contribution < -0.4 is 10.2 Å². The van der Waals surface area contributed by atoms with Gasteiger partial charge >= 0.3 is 0 Å². The first-order valence-corrected chi connectivity index (χ1v) is 8.77. The van der Waals surface area contributed by atoms with E-state index in [0.717, 1.165) is 10.6 Å². The molecule has 3 rings (SSSR count). The first kappa shape index (κ1) is 18.2. The first-order chi connectivity index (χ1) is 12.5. The largest absolute Gasteiger partial charge is 0.320 e. The van der Waals surface area contributed by atoms with E-state index in [2.05, 4.69) is 15.7 Å². The molecule has 0 aliphatic carbocycles. The van der Waals surface area contributed by atoms with Crippen LogP contribution in [-0.2, 0) is 11.5 Å². The van der Waals surface area contributed by atoms with E-state index in [1.165, 1.54) is 0 Å². The van der Waals surface area contributed by atoms with Gasteiger partial charge in [-0.1, -0.05) is 41.9 Å². The molecule has 1 atom stereocenters. The number of quaternary nitrogens is 1. The number of aromatic nitrogens is 4. The van der Waals surface area contributed by atoms with Crippen molar-refractivity contribution in [2.75, 3.05) is 18.9 Å². The summed E-state index contributed by atoms with van der Waals surface area (Å²) in [6.45, 7) is 0.660. The lowest BCUT2D eigenvalue weighted by atomic mass is 10.3. The van der Waals surface area contributed by atoms with Gasteiger partial charge in [0, 0.05) is 0 Å². The minimum atomic E-state index is -0.141. The second kappa shape index (κ2) is 8.22. The Hall–Kier alpha value is -2.55. The summed E-state index contributed by atoms with van der Waals surface area (Å²) in [7, 11) is 1.88. The number of rotatable bonds is 6. The number of nitrogens with one attached hydrogen (secondary N) is 2. The number of hydrogen-bond acceptors (Lipinski definition) is 4. The van der Waals surface area contributed by atoms with Crippen molar-refractivity contribution in [2.24, 2.45) is 0 Å². The third kappa shape index (κ3) is 4.34. The van der Waals surface area contributed by atoms with Gasteiger partial charge in [0.1, 0.15) is 0 Å². The SMILES string of the molecule is C[NH+](CC(=O)Nc1ccccc1Cl)Cn1nnn(-c2ccccc2)c1=S. The molecule has 134 valence electrons. The molecule has 9 heteroatoms. The van der Waals surface area contributed by atoms with Crippen molar-refractivity contribution in [3.8, 4) is 5.69 Å². The summed E-state index contributed by atoms with van der Waals surface area (Å²) >= 11 is 11.5. The average molecular weight is 390 g/mol. The topological polar surface area (TPSA) is 69.2 Å². The highest BCUT2D eigenvalue weighted by atomic mass is 35.5. The Bertz CT molecular complexity index is 955. The van der Waals surface area contributed by atoms with E-state index in [0.29, 0.717) is 22.1 Å². The third-order valence-corrected chi connectivity index (χ3v) is 4.38. The van der Waals surface area contributed by atoms with Crippen LogP contribution in [0.15, 0.2) is 54.6 Å². The molecular formula is C17H18ClN6OS+. The Morgan fingerprint density at radius 1 is 1.15 bits per heavy atom. The van der Waals surface area contributed by atoms with Gasteiger partial charge in [0.15, 0.2) is 13.2 Å². The standard InChI is InChI=1S/C17H17ClN6OS/c1-22(11-16(25)19-15-10-6-5-9-14(15)18)12-23-17(26)24(21-20-23)13-7-3-2-4-8-13/h2-10H,11-12H2,1H3,(H,19,25)/p+1. The third-order valence-electron chi connectivity index (χ3n) is 3.67. The van der Waals surface area contributed by atoms with Crippen LogP contribution in [0.4, 0.5) is 5.69 Å². The maximum absolute atomic E-state index is 12.2. The molecule has 2 aromatic carbocycles. The van der Waals surface area contributed by atoms with Crippen LogP contribution in [0.2, 0.25) is 5.02 Å². The van der Waals surface area contributed by atoms with Crippen molar-refractivity contribution < 1.29 is 9.69 Å². The van der Waals surface area contributed by atoms with Crippen molar-refractivity contribution in [3.63, 3.8) is 0 Å². The molecule has 2 N–H and O–H groups in total. The Morgan fingerprint density at radius 3 is 2.58 bits per heavy atom. The maximum atomic E-state index is 12.2. The number of tetrazole rings is 1. The van der Waals surface area contributed by atoms with E-state index >= 15 is 0 Å².